The third-order valence-electron chi connectivity index (χ3n) is 4.97. The normalized spacial score (nSPS) is 18.0. The van der Waals surface area contributed by atoms with Gasteiger partial charge in [0.15, 0.2) is 15.5 Å². The van der Waals surface area contributed by atoms with Gasteiger partial charge in [-0.3, -0.25) is 4.79 Å². The van der Waals surface area contributed by atoms with Crippen LogP contribution in [0.5, 0.6) is 0 Å². The van der Waals surface area contributed by atoms with Crippen LogP contribution in [0.15, 0.2) is 35.6 Å². The van der Waals surface area contributed by atoms with Crippen molar-refractivity contribution >= 4 is 42.9 Å². The lowest BCUT2D eigenvalue weighted by Crippen LogP contribution is -2.41. The molecule has 12 heteroatoms. The Morgan fingerprint density at radius 3 is 2.39 bits per heavy atom. The van der Waals surface area contributed by atoms with E-state index in [9.17, 15) is 21.6 Å². The third-order valence-corrected chi connectivity index (χ3v) is 7.86. The standard InChI is InChI=1S/C19H23ClN4O5S2/c1-23(2)14-6-4-13(5-7-14)11-24(15-8-9-31(28,29)12-15)18(25)17-16(20)10-21-19(22-17)30(3,26)27/h4-7,10,15H,8-9,11-12H2,1-3H3. The van der Waals surface area contributed by atoms with Crippen LogP contribution in [-0.2, 0) is 26.2 Å². The van der Waals surface area contributed by atoms with Crippen LogP contribution in [0, 0.1) is 0 Å². The Morgan fingerprint density at radius 2 is 1.87 bits per heavy atom. The van der Waals surface area contributed by atoms with Crippen LogP contribution in [0.4, 0.5) is 5.69 Å². The second kappa shape index (κ2) is 8.71. The molecule has 0 radical (unpaired) electrons. The zero-order chi connectivity index (χ0) is 23.0. The summed E-state index contributed by atoms with van der Waals surface area (Å²) in [6.45, 7) is 0.126. The number of benzene rings is 1. The first-order chi connectivity index (χ1) is 14.4. The molecule has 9 nitrogen and oxygen atoms in total. The van der Waals surface area contributed by atoms with Gasteiger partial charge in [-0.1, -0.05) is 23.7 Å². The van der Waals surface area contributed by atoms with Gasteiger partial charge in [0.25, 0.3) is 5.91 Å². The quantitative estimate of drug-likeness (QED) is 0.563. The number of halogens is 1. The second-order valence-corrected chi connectivity index (χ2v) is 12.2. The highest BCUT2D eigenvalue weighted by Crippen LogP contribution is 2.25. The van der Waals surface area contributed by atoms with Crippen molar-refractivity contribution in [1.82, 2.24) is 14.9 Å². The van der Waals surface area contributed by atoms with Crippen LogP contribution in [0.1, 0.15) is 22.5 Å². The Morgan fingerprint density at radius 1 is 1.23 bits per heavy atom. The molecule has 0 N–H and O–H groups in total. The number of sulfone groups is 2. The monoisotopic (exact) mass is 486 g/mol. The Bertz CT molecular complexity index is 1200. The van der Waals surface area contributed by atoms with E-state index in [1.54, 1.807) is 0 Å². The second-order valence-electron chi connectivity index (χ2n) is 7.67. The Balaban J connectivity index is 1.99. The molecule has 1 amide bonds. The minimum absolute atomic E-state index is 0.0207. The van der Waals surface area contributed by atoms with Crippen LogP contribution in [0.3, 0.4) is 0 Å². The number of amides is 1. The molecule has 2 aromatic rings. The van der Waals surface area contributed by atoms with Crippen molar-refractivity contribution in [2.75, 3.05) is 36.8 Å². The van der Waals surface area contributed by atoms with E-state index in [2.05, 4.69) is 9.97 Å². The van der Waals surface area contributed by atoms with E-state index in [1.165, 1.54) is 4.90 Å². The number of carbonyl (C=O) groups is 1. The first kappa shape index (κ1) is 23.4. The summed E-state index contributed by atoms with van der Waals surface area (Å²) in [4.78, 5) is 24.3. The molecule has 31 heavy (non-hydrogen) atoms. The smallest absolute Gasteiger partial charge is 0.274 e. The van der Waals surface area contributed by atoms with Gasteiger partial charge in [0.1, 0.15) is 0 Å². The molecule has 0 bridgehead atoms. The number of hydrogen-bond donors (Lipinski definition) is 0. The molecule has 1 aliphatic rings. The molecule has 168 valence electrons. The molecular formula is C19H23ClN4O5S2. The van der Waals surface area contributed by atoms with Gasteiger partial charge in [0.05, 0.1) is 22.7 Å². The molecule has 1 atom stereocenters. The molecule has 0 spiro atoms. The van der Waals surface area contributed by atoms with Crippen LogP contribution in [-0.4, -0.2) is 75.5 Å². The Hall–Kier alpha value is -2.24. The van der Waals surface area contributed by atoms with Crippen molar-refractivity contribution in [3.8, 4) is 0 Å². The number of anilines is 1. The maximum Gasteiger partial charge on any atom is 0.274 e. The minimum Gasteiger partial charge on any atom is -0.378 e. The summed E-state index contributed by atoms with van der Waals surface area (Å²) in [7, 11) is -3.22. The summed E-state index contributed by atoms with van der Waals surface area (Å²) in [5.74, 6) is -0.834. The summed E-state index contributed by atoms with van der Waals surface area (Å²) in [6.07, 6.45) is 2.28. The summed E-state index contributed by atoms with van der Waals surface area (Å²) in [5, 5.41) is -0.624. The van der Waals surface area contributed by atoms with Gasteiger partial charge in [-0.05, 0) is 24.1 Å². The van der Waals surface area contributed by atoms with Gasteiger partial charge < -0.3 is 9.80 Å². The molecule has 0 saturated carbocycles. The fraction of sp³-hybridized carbons (Fsp3) is 0.421. The van der Waals surface area contributed by atoms with E-state index in [0.717, 1.165) is 23.7 Å². The summed E-state index contributed by atoms with van der Waals surface area (Å²) in [6, 6.07) is 6.91. The zero-order valence-corrected chi connectivity index (χ0v) is 19.7. The number of hydrogen-bond acceptors (Lipinski definition) is 8. The first-order valence-electron chi connectivity index (χ1n) is 9.37. The largest absolute Gasteiger partial charge is 0.378 e. The van der Waals surface area contributed by atoms with Crippen molar-refractivity contribution in [1.29, 1.82) is 0 Å². The Kier molecular flexibility index (Phi) is 6.59. The molecule has 1 saturated heterocycles. The molecule has 1 aromatic carbocycles. The van der Waals surface area contributed by atoms with Gasteiger partial charge in [-0.2, -0.15) is 0 Å². The number of nitrogens with zero attached hydrogens (tertiary/aromatic N) is 4. The Labute approximate surface area is 186 Å². The molecule has 1 aromatic heterocycles. The number of aromatic nitrogens is 2. The fourth-order valence-corrected chi connectivity index (χ4v) is 5.70. The van der Waals surface area contributed by atoms with E-state index in [0.29, 0.717) is 0 Å². The van der Waals surface area contributed by atoms with Gasteiger partial charge in [-0.15, -0.1) is 0 Å². The SMILES string of the molecule is CN(C)c1ccc(CN(C(=O)c2nc(S(C)(=O)=O)ncc2Cl)C2CCS(=O)(=O)C2)cc1. The number of carbonyl (C=O) groups excluding carboxylic acids is 1. The van der Waals surface area contributed by atoms with Crippen LogP contribution in [0.2, 0.25) is 5.02 Å². The van der Waals surface area contributed by atoms with Gasteiger partial charge in [0, 0.05) is 38.6 Å². The molecule has 1 fully saturated rings. The highest BCUT2D eigenvalue weighted by Gasteiger charge is 2.36. The summed E-state index contributed by atoms with van der Waals surface area (Å²) < 4.78 is 47.8. The number of rotatable bonds is 6. The average Bonchev–Trinajstić information content (AvgIpc) is 3.05. The van der Waals surface area contributed by atoms with Gasteiger partial charge >= 0.3 is 0 Å². The van der Waals surface area contributed by atoms with Gasteiger partial charge in [-0.25, -0.2) is 26.8 Å². The molecule has 1 aliphatic heterocycles. The topological polar surface area (TPSA) is 118 Å². The van der Waals surface area contributed by atoms with E-state index in [1.807, 2.05) is 43.3 Å². The third kappa shape index (κ3) is 5.52. The average molecular weight is 487 g/mol. The van der Waals surface area contributed by atoms with Crippen LogP contribution in [0.25, 0.3) is 0 Å². The van der Waals surface area contributed by atoms with Crippen molar-refractivity contribution in [2.45, 2.75) is 24.2 Å². The lowest BCUT2D eigenvalue weighted by molar-refractivity contribution is 0.0674. The van der Waals surface area contributed by atoms with Crippen LogP contribution < -0.4 is 4.90 Å². The lowest BCUT2D eigenvalue weighted by Gasteiger charge is -2.28. The predicted octanol–water partition coefficient (Wildman–Crippen LogP) is 1.43. The highest BCUT2D eigenvalue weighted by molar-refractivity contribution is 7.91. The van der Waals surface area contributed by atoms with E-state index in [-0.39, 0.29) is 35.2 Å². The maximum absolute atomic E-state index is 13.4. The predicted molar refractivity (Wildman–Crippen MR) is 118 cm³/mol. The van der Waals surface area contributed by atoms with Crippen molar-refractivity contribution in [3.05, 3.63) is 46.7 Å². The van der Waals surface area contributed by atoms with E-state index >= 15 is 0 Å². The van der Waals surface area contributed by atoms with E-state index in [4.69, 9.17) is 11.6 Å². The van der Waals surface area contributed by atoms with Crippen molar-refractivity contribution in [3.63, 3.8) is 0 Å². The molecular weight excluding hydrogens is 464 g/mol. The fourth-order valence-electron chi connectivity index (χ4n) is 3.30. The van der Waals surface area contributed by atoms with E-state index < -0.39 is 36.8 Å². The lowest BCUT2D eigenvalue weighted by atomic mass is 10.1. The highest BCUT2D eigenvalue weighted by atomic mass is 35.5. The molecule has 1 unspecified atom stereocenters. The molecule has 3 rings (SSSR count). The van der Waals surface area contributed by atoms with Gasteiger partial charge in [0.2, 0.25) is 15.0 Å². The van der Waals surface area contributed by atoms with Crippen LogP contribution >= 0.6 is 11.6 Å². The molecule has 2 heterocycles. The minimum atomic E-state index is -3.76. The van der Waals surface area contributed by atoms with Crippen molar-refractivity contribution < 1.29 is 21.6 Å². The summed E-state index contributed by atoms with van der Waals surface area (Å²) >= 11 is 6.12. The molecule has 0 aliphatic carbocycles. The zero-order valence-electron chi connectivity index (χ0n) is 17.3. The first-order valence-corrected chi connectivity index (χ1v) is 13.5. The maximum atomic E-state index is 13.4. The summed E-state index contributed by atoms with van der Waals surface area (Å²) in [5.41, 5.74) is 1.49. The van der Waals surface area contributed by atoms with Crippen molar-refractivity contribution in [2.24, 2.45) is 0 Å².